The zero-order valence-corrected chi connectivity index (χ0v) is 12.9. The number of benzene rings is 1. The highest BCUT2D eigenvalue weighted by molar-refractivity contribution is 9.10. The average Bonchev–Trinajstić information content (AvgIpc) is 2.48. The van der Waals surface area contributed by atoms with Crippen molar-refractivity contribution < 1.29 is 18.4 Å². The Balaban J connectivity index is 2.31. The Morgan fingerprint density at radius 1 is 1.27 bits per heavy atom. The van der Waals surface area contributed by atoms with Crippen molar-refractivity contribution in [1.29, 1.82) is 0 Å². The summed E-state index contributed by atoms with van der Waals surface area (Å²) in [6.07, 6.45) is -3.11. The molecule has 0 fully saturated rings. The van der Waals surface area contributed by atoms with E-state index >= 15 is 0 Å². The van der Waals surface area contributed by atoms with Gasteiger partial charge in [-0.25, -0.2) is 0 Å². The van der Waals surface area contributed by atoms with Crippen LogP contribution in [0.4, 0.5) is 24.5 Å². The SMILES string of the molecule is C/C(=N\O)c1ccc(Nc2ccc(Br)cc2C(F)(F)F)cn1. The topological polar surface area (TPSA) is 57.5 Å². The first-order valence-corrected chi connectivity index (χ1v) is 6.89. The molecule has 0 atom stereocenters. The number of aromatic nitrogens is 1. The predicted molar refractivity (Wildman–Crippen MR) is 80.7 cm³/mol. The lowest BCUT2D eigenvalue weighted by molar-refractivity contribution is -0.137. The molecule has 0 unspecified atom stereocenters. The van der Waals surface area contributed by atoms with Crippen LogP contribution in [0.25, 0.3) is 0 Å². The van der Waals surface area contributed by atoms with E-state index < -0.39 is 11.7 Å². The maximum absolute atomic E-state index is 13.0. The normalized spacial score (nSPS) is 12.3. The van der Waals surface area contributed by atoms with E-state index in [1.54, 1.807) is 19.1 Å². The molecule has 0 aliphatic rings. The number of hydrogen-bond donors (Lipinski definition) is 2. The number of hydrogen-bond acceptors (Lipinski definition) is 4. The summed E-state index contributed by atoms with van der Waals surface area (Å²) in [6.45, 7) is 1.56. The van der Waals surface area contributed by atoms with Gasteiger partial charge in [-0.2, -0.15) is 13.2 Å². The molecule has 0 bridgehead atoms. The number of anilines is 2. The van der Waals surface area contributed by atoms with Gasteiger partial charge in [0.15, 0.2) is 0 Å². The maximum atomic E-state index is 13.0. The van der Waals surface area contributed by atoms with E-state index in [9.17, 15) is 13.2 Å². The van der Waals surface area contributed by atoms with Crippen molar-refractivity contribution in [2.75, 3.05) is 5.32 Å². The van der Waals surface area contributed by atoms with Crippen LogP contribution < -0.4 is 5.32 Å². The zero-order chi connectivity index (χ0) is 16.3. The van der Waals surface area contributed by atoms with Crippen LogP contribution in [0.5, 0.6) is 0 Å². The van der Waals surface area contributed by atoms with E-state index in [1.807, 2.05) is 0 Å². The second-order valence-corrected chi connectivity index (χ2v) is 5.35. The molecule has 0 saturated carbocycles. The molecule has 0 saturated heterocycles. The molecule has 0 aliphatic carbocycles. The van der Waals surface area contributed by atoms with Crippen molar-refractivity contribution in [1.82, 2.24) is 4.98 Å². The van der Waals surface area contributed by atoms with E-state index in [1.165, 1.54) is 18.3 Å². The molecule has 1 aromatic heterocycles. The number of halogens is 4. The first kappa shape index (κ1) is 16.3. The Bertz CT molecular complexity index is 699. The van der Waals surface area contributed by atoms with Gasteiger partial charge in [0, 0.05) is 4.47 Å². The lowest BCUT2D eigenvalue weighted by Gasteiger charge is -2.15. The van der Waals surface area contributed by atoms with Crippen LogP contribution >= 0.6 is 15.9 Å². The lowest BCUT2D eigenvalue weighted by Crippen LogP contribution is -2.09. The van der Waals surface area contributed by atoms with Gasteiger partial charge in [0.1, 0.15) is 5.71 Å². The van der Waals surface area contributed by atoms with Gasteiger partial charge < -0.3 is 10.5 Å². The Labute approximate surface area is 132 Å². The molecule has 0 radical (unpaired) electrons. The maximum Gasteiger partial charge on any atom is 0.418 e. The number of pyridine rings is 1. The lowest BCUT2D eigenvalue weighted by atomic mass is 10.1. The minimum absolute atomic E-state index is 0.0715. The number of rotatable bonds is 3. The van der Waals surface area contributed by atoms with Gasteiger partial charge in [-0.05, 0) is 37.3 Å². The average molecular weight is 374 g/mol. The molecule has 22 heavy (non-hydrogen) atoms. The molecular weight excluding hydrogens is 363 g/mol. The molecular formula is C14H11BrF3N3O. The van der Waals surface area contributed by atoms with Crippen molar-refractivity contribution in [3.05, 3.63) is 52.3 Å². The predicted octanol–water partition coefficient (Wildman–Crippen LogP) is 4.80. The summed E-state index contributed by atoms with van der Waals surface area (Å²) >= 11 is 3.03. The summed E-state index contributed by atoms with van der Waals surface area (Å²) in [5.74, 6) is 0. The fourth-order valence-corrected chi connectivity index (χ4v) is 2.11. The smallest absolute Gasteiger partial charge is 0.411 e. The van der Waals surface area contributed by atoms with E-state index in [-0.39, 0.29) is 5.69 Å². The van der Waals surface area contributed by atoms with Crippen LogP contribution in [0.15, 0.2) is 46.2 Å². The number of nitrogens with one attached hydrogen (secondary N) is 1. The third-order valence-corrected chi connectivity index (χ3v) is 3.34. The highest BCUT2D eigenvalue weighted by Gasteiger charge is 2.33. The fraction of sp³-hybridized carbons (Fsp3) is 0.143. The summed E-state index contributed by atoms with van der Waals surface area (Å²) < 4.78 is 39.4. The zero-order valence-electron chi connectivity index (χ0n) is 11.3. The van der Waals surface area contributed by atoms with Crippen LogP contribution in [-0.4, -0.2) is 15.9 Å². The molecule has 116 valence electrons. The summed E-state index contributed by atoms with van der Waals surface area (Å²) in [5.41, 5.74) is 0.283. The van der Waals surface area contributed by atoms with Crippen LogP contribution in [0.3, 0.4) is 0 Å². The third-order valence-electron chi connectivity index (χ3n) is 2.85. The number of nitrogens with zero attached hydrogens (tertiary/aromatic N) is 2. The van der Waals surface area contributed by atoms with Gasteiger partial charge >= 0.3 is 6.18 Å². The Morgan fingerprint density at radius 3 is 2.55 bits per heavy atom. The quantitative estimate of drug-likeness (QED) is 0.461. The van der Waals surface area contributed by atoms with E-state index in [0.717, 1.165) is 6.07 Å². The minimum atomic E-state index is -4.47. The minimum Gasteiger partial charge on any atom is -0.411 e. The highest BCUT2D eigenvalue weighted by atomic mass is 79.9. The Morgan fingerprint density at radius 2 is 2.00 bits per heavy atom. The van der Waals surface area contributed by atoms with E-state index in [4.69, 9.17) is 5.21 Å². The summed E-state index contributed by atoms with van der Waals surface area (Å²) in [7, 11) is 0. The molecule has 2 aromatic rings. The molecule has 1 aromatic carbocycles. The third kappa shape index (κ3) is 3.76. The first-order valence-electron chi connectivity index (χ1n) is 6.10. The van der Waals surface area contributed by atoms with Gasteiger partial charge in [-0.1, -0.05) is 21.1 Å². The van der Waals surface area contributed by atoms with Crippen LogP contribution in [0.2, 0.25) is 0 Å². The summed E-state index contributed by atoms with van der Waals surface area (Å²) in [5, 5.41) is 14.3. The van der Waals surface area contributed by atoms with Gasteiger partial charge in [-0.15, -0.1) is 0 Å². The van der Waals surface area contributed by atoms with Crippen molar-refractivity contribution in [3.63, 3.8) is 0 Å². The Hall–Kier alpha value is -2.09. The first-order chi connectivity index (χ1) is 10.3. The van der Waals surface area contributed by atoms with Gasteiger partial charge in [0.05, 0.1) is 28.8 Å². The van der Waals surface area contributed by atoms with E-state index in [0.29, 0.717) is 21.6 Å². The molecule has 4 nitrogen and oxygen atoms in total. The molecule has 2 rings (SSSR count). The van der Waals surface area contributed by atoms with Gasteiger partial charge in [-0.3, -0.25) is 4.98 Å². The molecule has 8 heteroatoms. The molecule has 0 aliphatic heterocycles. The molecule has 0 amide bonds. The van der Waals surface area contributed by atoms with Gasteiger partial charge in [0.25, 0.3) is 0 Å². The number of oxime groups is 1. The van der Waals surface area contributed by atoms with E-state index in [2.05, 4.69) is 31.4 Å². The largest absolute Gasteiger partial charge is 0.418 e. The molecule has 2 N–H and O–H groups in total. The van der Waals surface area contributed by atoms with Crippen LogP contribution in [-0.2, 0) is 6.18 Å². The number of alkyl halides is 3. The second-order valence-electron chi connectivity index (χ2n) is 4.43. The molecule has 1 heterocycles. The standard InChI is InChI=1S/C14H11BrF3N3O/c1-8(21-22)12-5-3-10(7-19-12)20-13-4-2-9(15)6-11(13)14(16,17)18/h2-7,20,22H,1H3/b21-8+. The second kappa shape index (κ2) is 6.35. The van der Waals surface area contributed by atoms with Crippen molar-refractivity contribution >= 4 is 33.0 Å². The summed E-state index contributed by atoms with van der Waals surface area (Å²) in [4.78, 5) is 4.01. The van der Waals surface area contributed by atoms with Gasteiger partial charge in [0.2, 0.25) is 0 Å². The summed E-state index contributed by atoms with van der Waals surface area (Å²) in [6, 6.07) is 6.96. The molecule has 0 spiro atoms. The van der Waals surface area contributed by atoms with Crippen LogP contribution in [0.1, 0.15) is 18.2 Å². The van der Waals surface area contributed by atoms with Crippen molar-refractivity contribution in [2.24, 2.45) is 5.16 Å². The van der Waals surface area contributed by atoms with Crippen molar-refractivity contribution in [2.45, 2.75) is 13.1 Å². The van der Waals surface area contributed by atoms with Crippen LogP contribution in [0, 0.1) is 0 Å². The fourth-order valence-electron chi connectivity index (χ4n) is 1.75. The van der Waals surface area contributed by atoms with Crippen molar-refractivity contribution in [3.8, 4) is 0 Å². The Kier molecular flexibility index (Phi) is 4.70. The highest BCUT2D eigenvalue weighted by Crippen LogP contribution is 2.37. The monoisotopic (exact) mass is 373 g/mol.